The van der Waals surface area contributed by atoms with Crippen LogP contribution >= 0.6 is 0 Å². The number of aryl methyl sites for hydroxylation is 1. The van der Waals surface area contributed by atoms with Gasteiger partial charge in [-0.2, -0.15) is 0 Å². The van der Waals surface area contributed by atoms with E-state index < -0.39 is 5.97 Å². The molecule has 6 heteroatoms. The lowest BCUT2D eigenvalue weighted by atomic mass is 10.1. The molecule has 0 saturated carbocycles. The summed E-state index contributed by atoms with van der Waals surface area (Å²) in [7, 11) is 1.76. The number of aromatic nitrogens is 4. The smallest absolute Gasteiger partial charge is 0.378 e. The van der Waals surface area contributed by atoms with Crippen molar-refractivity contribution < 1.29 is 9.53 Å². The van der Waals surface area contributed by atoms with E-state index in [-0.39, 0.29) is 5.82 Å². The fourth-order valence-electron chi connectivity index (χ4n) is 2.16. The Morgan fingerprint density at radius 1 is 1.40 bits per heavy atom. The number of esters is 1. The Labute approximate surface area is 115 Å². The average molecular weight is 270 g/mol. The fraction of sp³-hybridized carbons (Fsp3) is 0.214. The van der Waals surface area contributed by atoms with Crippen molar-refractivity contribution in [2.75, 3.05) is 6.61 Å². The molecule has 2 heterocycles. The van der Waals surface area contributed by atoms with Crippen molar-refractivity contribution in [3.05, 3.63) is 36.3 Å². The highest BCUT2D eigenvalue weighted by molar-refractivity contribution is 5.94. The maximum Gasteiger partial charge on any atom is 0.378 e. The van der Waals surface area contributed by atoms with E-state index in [4.69, 9.17) is 4.74 Å². The maximum absolute atomic E-state index is 11.7. The number of carbonyl (C=O) groups is 1. The van der Waals surface area contributed by atoms with Crippen LogP contribution in [0.2, 0.25) is 0 Å². The van der Waals surface area contributed by atoms with E-state index in [1.807, 2.05) is 30.5 Å². The van der Waals surface area contributed by atoms with E-state index in [1.54, 1.807) is 18.7 Å². The third-order valence-electron chi connectivity index (χ3n) is 3.05. The highest BCUT2D eigenvalue weighted by Crippen LogP contribution is 2.26. The summed E-state index contributed by atoms with van der Waals surface area (Å²) >= 11 is 0. The van der Waals surface area contributed by atoms with Crippen LogP contribution in [0.25, 0.3) is 22.3 Å². The SMILES string of the molecule is CCOC(=O)c1nc(-c2c[nH]c3ccccc23)n(C)n1. The predicted molar refractivity (Wildman–Crippen MR) is 74.3 cm³/mol. The molecule has 0 atom stereocenters. The first-order chi connectivity index (χ1) is 9.70. The number of rotatable bonds is 3. The van der Waals surface area contributed by atoms with E-state index in [0.29, 0.717) is 12.4 Å². The van der Waals surface area contributed by atoms with Crippen LogP contribution in [0.3, 0.4) is 0 Å². The van der Waals surface area contributed by atoms with Gasteiger partial charge in [0.1, 0.15) is 0 Å². The first-order valence-corrected chi connectivity index (χ1v) is 6.35. The van der Waals surface area contributed by atoms with Gasteiger partial charge in [0.15, 0.2) is 5.82 Å². The molecule has 1 N–H and O–H groups in total. The summed E-state index contributed by atoms with van der Waals surface area (Å²) in [5, 5.41) is 5.15. The Kier molecular flexibility index (Phi) is 2.98. The summed E-state index contributed by atoms with van der Waals surface area (Å²) in [4.78, 5) is 19.1. The number of nitrogens with zero attached hydrogens (tertiary/aromatic N) is 3. The van der Waals surface area contributed by atoms with Crippen molar-refractivity contribution in [3.8, 4) is 11.4 Å². The average Bonchev–Trinajstić information content (AvgIpc) is 3.02. The molecule has 0 unspecified atom stereocenters. The van der Waals surface area contributed by atoms with Gasteiger partial charge in [-0.1, -0.05) is 18.2 Å². The summed E-state index contributed by atoms with van der Waals surface area (Å²) in [5.74, 6) is 0.203. The van der Waals surface area contributed by atoms with Crippen LogP contribution in [-0.2, 0) is 11.8 Å². The lowest BCUT2D eigenvalue weighted by Gasteiger charge is -1.97. The van der Waals surface area contributed by atoms with Gasteiger partial charge in [0.2, 0.25) is 0 Å². The molecular weight excluding hydrogens is 256 g/mol. The number of ether oxygens (including phenoxy) is 1. The minimum atomic E-state index is -0.505. The van der Waals surface area contributed by atoms with Gasteiger partial charge in [0.25, 0.3) is 5.82 Å². The molecular formula is C14H14N4O2. The molecule has 0 saturated heterocycles. The molecule has 0 radical (unpaired) electrons. The zero-order chi connectivity index (χ0) is 14.1. The number of para-hydroxylation sites is 1. The summed E-state index contributed by atoms with van der Waals surface area (Å²) in [5.41, 5.74) is 1.93. The normalized spacial score (nSPS) is 10.9. The molecule has 0 amide bonds. The largest absolute Gasteiger partial charge is 0.460 e. The lowest BCUT2D eigenvalue weighted by Crippen LogP contribution is -2.07. The van der Waals surface area contributed by atoms with Gasteiger partial charge in [-0.15, -0.1) is 5.10 Å². The van der Waals surface area contributed by atoms with Crippen molar-refractivity contribution >= 4 is 16.9 Å². The molecule has 3 rings (SSSR count). The molecule has 20 heavy (non-hydrogen) atoms. The van der Waals surface area contributed by atoms with Gasteiger partial charge < -0.3 is 9.72 Å². The van der Waals surface area contributed by atoms with E-state index >= 15 is 0 Å². The lowest BCUT2D eigenvalue weighted by molar-refractivity contribution is 0.0512. The van der Waals surface area contributed by atoms with Crippen molar-refractivity contribution in [1.82, 2.24) is 19.7 Å². The Morgan fingerprint density at radius 3 is 3.00 bits per heavy atom. The van der Waals surface area contributed by atoms with E-state index in [9.17, 15) is 4.79 Å². The van der Waals surface area contributed by atoms with E-state index in [0.717, 1.165) is 16.5 Å². The monoisotopic (exact) mass is 270 g/mol. The first-order valence-electron chi connectivity index (χ1n) is 6.35. The minimum absolute atomic E-state index is 0.0784. The number of H-pyrrole nitrogens is 1. The third-order valence-corrected chi connectivity index (χ3v) is 3.05. The molecule has 0 aliphatic rings. The van der Waals surface area contributed by atoms with Crippen molar-refractivity contribution in [3.63, 3.8) is 0 Å². The van der Waals surface area contributed by atoms with Crippen LogP contribution in [0.15, 0.2) is 30.5 Å². The van der Waals surface area contributed by atoms with Crippen molar-refractivity contribution in [2.24, 2.45) is 7.05 Å². The van der Waals surface area contributed by atoms with Crippen LogP contribution in [-0.4, -0.2) is 32.3 Å². The second-order valence-electron chi connectivity index (χ2n) is 4.35. The van der Waals surface area contributed by atoms with Gasteiger partial charge >= 0.3 is 5.97 Å². The number of benzene rings is 1. The quantitative estimate of drug-likeness (QED) is 0.740. The van der Waals surface area contributed by atoms with Crippen LogP contribution in [0.1, 0.15) is 17.5 Å². The number of fused-ring (bicyclic) bond motifs is 1. The third kappa shape index (κ3) is 1.95. The molecule has 6 nitrogen and oxygen atoms in total. The van der Waals surface area contributed by atoms with Crippen molar-refractivity contribution in [1.29, 1.82) is 0 Å². The van der Waals surface area contributed by atoms with E-state index in [2.05, 4.69) is 15.1 Å². The van der Waals surface area contributed by atoms with Crippen molar-refractivity contribution in [2.45, 2.75) is 6.92 Å². The zero-order valence-corrected chi connectivity index (χ0v) is 11.3. The number of hydrogen-bond donors (Lipinski definition) is 1. The van der Waals surface area contributed by atoms with Gasteiger partial charge in [-0.3, -0.25) is 0 Å². The number of carbonyl (C=O) groups excluding carboxylic acids is 1. The summed E-state index contributed by atoms with van der Waals surface area (Å²) in [6.07, 6.45) is 1.86. The van der Waals surface area contributed by atoms with Gasteiger partial charge in [-0.05, 0) is 13.0 Å². The number of hydrogen-bond acceptors (Lipinski definition) is 4. The molecule has 2 aromatic heterocycles. The second kappa shape index (κ2) is 4.80. The Morgan fingerprint density at radius 2 is 2.20 bits per heavy atom. The standard InChI is InChI=1S/C14H14N4O2/c1-3-20-14(19)12-16-13(18(2)17-12)10-8-15-11-7-5-4-6-9(10)11/h4-8,15H,3H2,1-2H3. The summed E-state index contributed by atoms with van der Waals surface area (Å²) < 4.78 is 6.50. The fourth-order valence-corrected chi connectivity index (χ4v) is 2.16. The summed E-state index contributed by atoms with van der Waals surface area (Å²) in [6.45, 7) is 2.06. The topological polar surface area (TPSA) is 72.8 Å². The summed E-state index contributed by atoms with van der Waals surface area (Å²) in [6, 6.07) is 7.91. The number of nitrogens with one attached hydrogen (secondary N) is 1. The Balaban J connectivity index is 2.08. The highest BCUT2D eigenvalue weighted by Gasteiger charge is 2.18. The van der Waals surface area contributed by atoms with Crippen LogP contribution in [0.4, 0.5) is 0 Å². The van der Waals surface area contributed by atoms with Gasteiger partial charge in [0.05, 0.1) is 6.61 Å². The molecule has 1 aromatic carbocycles. The van der Waals surface area contributed by atoms with E-state index in [1.165, 1.54) is 0 Å². The zero-order valence-electron chi connectivity index (χ0n) is 11.3. The van der Waals surface area contributed by atoms with Crippen LogP contribution in [0.5, 0.6) is 0 Å². The molecule has 3 aromatic rings. The molecule has 0 aliphatic heterocycles. The Bertz CT molecular complexity index is 772. The molecule has 0 bridgehead atoms. The Hall–Kier alpha value is -2.63. The number of aromatic amines is 1. The predicted octanol–water partition coefficient (Wildman–Crippen LogP) is 2.14. The van der Waals surface area contributed by atoms with Gasteiger partial charge in [-0.25, -0.2) is 14.5 Å². The minimum Gasteiger partial charge on any atom is -0.460 e. The van der Waals surface area contributed by atoms with Crippen LogP contribution in [0, 0.1) is 0 Å². The second-order valence-corrected chi connectivity index (χ2v) is 4.35. The first kappa shape index (κ1) is 12.4. The molecule has 0 aliphatic carbocycles. The molecule has 0 fully saturated rings. The molecule has 102 valence electrons. The maximum atomic E-state index is 11.7. The van der Waals surface area contributed by atoms with Crippen LogP contribution < -0.4 is 0 Å². The molecule has 0 spiro atoms. The van der Waals surface area contributed by atoms with Gasteiger partial charge in [0, 0.05) is 29.7 Å². The highest BCUT2D eigenvalue weighted by atomic mass is 16.5.